The Morgan fingerprint density at radius 1 is 1.27 bits per heavy atom. The largest absolute Gasteiger partial charge is 0.468 e. The van der Waals surface area contributed by atoms with Crippen molar-refractivity contribution >= 4 is 23.4 Å². The van der Waals surface area contributed by atoms with Gasteiger partial charge < -0.3 is 15.9 Å². The van der Waals surface area contributed by atoms with Gasteiger partial charge in [0.25, 0.3) is 0 Å². The van der Waals surface area contributed by atoms with Crippen LogP contribution in [0.25, 0.3) is 0 Å². The van der Waals surface area contributed by atoms with Crippen molar-refractivity contribution in [2.75, 3.05) is 11.5 Å². The van der Waals surface area contributed by atoms with Crippen LogP contribution in [0, 0.1) is 0 Å². The van der Waals surface area contributed by atoms with Gasteiger partial charge in [0.15, 0.2) is 5.16 Å². The Hall–Kier alpha value is -1.69. The summed E-state index contributed by atoms with van der Waals surface area (Å²) in [4.78, 5) is 8.08. The molecular formula is C9H10N4OS. The Morgan fingerprint density at radius 3 is 2.60 bits per heavy atom. The molecule has 4 N–H and O–H groups in total. The smallest absolute Gasteiger partial charge is 0.191 e. The van der Waals surface area contributed by atoms with Gasteiger partial charge in [-0.2, -0.15) is 0 Å². The van der Waals surface area contributed by atoms with Gasteiger partial charge in [-0.1, -0.05) is 11.8 Å². The second kappa shape index (κ2) is 4.22. The van der Waals surface area contributed by atoms with E-state index in [0.29, 0.717) is 22.5 Å². The van der Waals surface area contributed by atoms with Gasteiger partial charge in [0, 0.05) is 6.07 Å². The molecule has 78 valence electrons. The number of thioether (sulfide) groups is 1. The number of hydrogen-bond donors (Lipinski definition) is 2. The zero-order chi connectivity index (χ0) is 10.7. The van der Waals surface area contributed by atoms with E-state index in [-0.39, 0.29) is 0 Å². The summed E-state index contributed by atoms with van der Waals surface area (Å²) in [5.41, 5.74) is 11.1. The molecule has 15 heavy (non-hydrogen) atoms. The van der Waals surface area contributed by atoms with E-state index in [1.807, 2.05) is 12.1 Å². The summed E-state index contributed by atoms with van der Waals surface area (Å²) in [6.45, 7) is 0. The maximum absolute atomic E-state index is 5.54. The molecule has 0 atom stereocenters. The molecule has 0 radical (unpaired) electrons. The molecule has 0 unspecified atom stereocenters. The van der Waals surface area contributed by atoms with Crippen LogP contribution >= 0.6 is 11.8 Å². The highest BCUT2D eigenvalue weighted by atomic mass is 32.2. The number of anilines is 2. The van der Waals surface area contributed by atoms with Gasteiger partial charge in [-0.05, 0) is 12.1 Å². The summed E-state index contributed by atoms with van der Waals surface area (Å²) in [5, 5.41) is 0.559. The van der Waals surface area contributed by atoms with Gasteiger partial charge in [-0.25, -0.2) is 9.97 Å². The van der Waals surface area contributed by atoms with E-state index < -0.39 is 0 Å². The lowest BCUT2D eigenvalue weighted by Gasteiger charge is -2.00. The second-order valence-corrected chi connectivity index (χ2v) is 3.81. The van der Waals surface area contributed by atoms with Crippen LogP contribution in [0.15, 0.2) is 34.0 Å². The lowest BCUT2D eigenvalue weighted by Crippen LogP contribution is -1.99. The number of hydrogen-bond acceptors (Lipinski definition) is 6. The van der Waals surface area contributed by atoms with Crippen molar-refractivity contribution in [2.24, 2.45) is 0 Å². The van der Waals surface area contributed by atoms with Gasteiger partial charge in [-0.3, -0.25) is 0 Å². The number of aromatic nitrogens is 2. The molecule has 6 heteroatoms. The van der Waals surface area contributed by atoms with Crippen LogP contribution in [-0.4, -0.2) is 9.97 Å². The van der Waals surface area contributed by atoms with E-state index >= 15 is 0 Å². The molecule has 5 nitrogen and oxygen atoms in total. The van der Waals surface area contributed by atoms with Gasteiger partial charge in [0.2, 0.25) is 0 Å². The van der Waals surface area contributed by atoms with Crippen LogP contribution in [0.3, 0.4) is 0 Å². The molecule has 0 saturated carbocycles. The molecule has 0 aliphatic rings. The van der Waals surface area contributed by atoms with Crippen LogP contribution in [0.2, 0.25) is 0 Å². The van der Waals surface area contributed by atoms with Crippen molar-refractivity contribution < 1.29 is 4.42 Å². The quantitative estimate of drug-likeness (QED) is 0.604. The summed E-state index contributed by atoms with van der Waals surface area (Å²) in [5.74, 6) is 2.29. The zero-order valence-electron chi connectivity index (χ0n) is 7.88. The maximum atomic E-state index is 5.54. The lowest BCUT2D eigenvalue weighted by molar-refractivity contribution is 0.530. The minimum Gasteiger partial charge on any atom is -0.468 e. The van der Waals surface area contributed by atoms with Crippen molar-refractivity contribution in [1.29, 1.82) is 0 Å². The first kappa shape index (κ1) is 9.85. The molecule has 0 fully saturated rings. The van der Waals surface area contributed by atoms with E-state index in [4.69, 9.17) is 15.9 Å². The summed E-state index contributed by atoms with van der Waals surface area (Å²) in [7, 11) is 0. The van der Waals surface area contributed by atoms with E-state index in [1.54, 1.807) is 6.26 Å². The maximum Gasteiger partial charge on any atom is 0.191 e. The first-order chi connectivity index (χ1) is 7.24. The van der Waals surface area contributed by atoms with Crippen molar-refractivity contribution in [3.63, 3.8) is 0 Å². The van der Waals surface area contributed by atoms with Gasteiger partial charge in [-0.15, -0.1) is 0 Å². The van der Waals surface area contributed by atoms with Gasteiger partial charge >= 0.3 is 0 Å². The van der Waals surface area contributed by atoms with Crippen LogP contribution < -0.4 is 11.5 Å². The van der Waals surface area contributed by atoms with Gasteiger partial charge in [0.1, 0.15) is 17.4 Å². The standard InChI is InChI=1S/C9H10N4OS/c10-7-4-8(11)13-9(12-7)15-5-6-2-1-3-14-6/h1-4H,5H2,(H4,10,11,12,13). The predicted molar refractivity (Wildman–Crippen MR) is 59.1 cm³/mol. The highest BCUT2D eigenvalue weighted by Crippen LogP contribution is 2.21. The average Bonchev–Trinajstić information content (AvgIpc) is 2.65. The van der Waals surface area contributed by atoms with Crippen LogP contribution in [0.5, 0.6) is 0 Å². The minimum atomic E-state index is 0.379. The Kier molecular flexibility index (Phi) is 2.77. The molecule has 2 heterocycles. The van der Waals surface area contributed by atoms with Crippen LogP contribution in [-0.2, 0) is 5.75 Å². The summed E-state index contributed by atoms with van der Waals surface area (Å²) < 4.78 is 5.18. The molecule has 2 rings (SSSR count). The van der Waals surface area contributed by atoms with E-state index in [2.05, 4.69) is 9.97 Å². The predicted octanol–water partition coefficient (Wildman–Crippen LogP) is 1.53. The molecule has 0 saturated heterocycles. The van der Waals surface area contributed by atoms with Crippen LogP contribution in [0.4, 0.5) is 11.6 Å². The Balaban J connectivity index is 2.05. The van der Waals surface area contributed by atoms with Gasteiger partial charge in [0.05, 0.1) is 12.0 Å². The molecule has 0 amide bonds. The van der Waals surface area contributed by atoms with Crippen molar-refractivity contribution in [3.8, 4) is 0 Å². The molecule has 0 aliphatic carbocycles. The molecule has 0 aromatic carbocycles. The number of rotatable bonds is 3. The highest BCUT2D eigenvalue weighted by molar-refractivity contribution is 7.98. The zero-order valence-corrected chi connectivity index (χ0v) is 8.70. The highest BCUT2D eigenvalue weighted by Gasteiger charge is 2.03. The normalized spacial score (nSPS) is 10.4. The lowest BCUT2D eigenvalue weighted by atomic mass is 10.5. The second-order valence-electron chi connectivity index (χ2n) is 2.87. The van der Waals surface area contributed by atoms with E-state index in [9.17, 15) is 0 Å². The minimum absolute atomic E-state index is 0.379. The third-order valence-corrected chi connectivity index (χ3v) is 2.54. The van der Waals surface area contributed by atoms with Crippen molar-refractivity contribution in [1.82, 2.24) is 9.97 Å². The Morgan fingerprint density at radius 2 is 2.00 bits per heavy atom. The molecule has 0 spiro atoms. The number of furan rings is 1. The Bertz CT molecular complexity index is 423. The van der Waals surface area contributed by atoms with Crippen LogP contribution in [0.1, 0.15) is 5.76 Å². The number of nitrogens with zero attached hydrogens (tertiary/aromatic N) is 2. The molecule has 0 bridgehead atoms. The molecular weight excluding hydrogens is 212 g/mol. The van der Waals surface area contributed by atoms with E-state index in [1.165, 1.54) is 17.8 Å². The SMILES string of the molecule is Nc1cc(N)nc(SCc2ccco2)n1. The third-order valence-electron chi connectivity index (χ3n) is 1.67. The van der Waals surface area contributed by atoms with E-state index in [0.717, 1.165) is 5.76 Å². The number of nitrogens with two attached hydrogens (primary N) is 2. The topological polar surface area (TPSA) is 91.0 Å². The third kappa shape index (κ3) is 2.63. The first-order valence-electron chi connectivity index (χ1n) is 4.29. The fraction of sp³-hybridized carbons (Fsp3) is 0.111. The monoisotopic (exact) mass is 222 g/mol. The summed E-state index contributed by atoms with van der Waals surface area (Å²) in [6, 6.07) is 5.25. The van der Waals surface area contributed by atoms with Crippen molar-refractivity contribution in [2.45, 2.75) is 10.9 Å². The summed E-state index contributed by atoms with van der Waals surface area (Å²) in [6.07, 6.45) is 1.63. The number of nitrogen functional groups attached to an aromatic ring is 2. The first-order valence-corrected chi connectivity index (χ1v) is 5.28. The fourth-order valence-corrected chi connectivity index (χ4v) is 1.83. The molecule has 2 aromatic rings. The molecule has 0 aliphatic heterocycles. The average molecular weight is 222 g/mol. The van der Waals surface area contributed by atoms with Crippen molar-refractivity contribution in [3.05, 3.63) is 30.2 Å². The molecule has 2 aromatic heterocycles. The summed E-state index contributed by atoms with van der Waals surface area (Å²) >= 11 is 1.43. The Labute approximate surface area is 90.9 Å². The fourth-order valence-electron chi connectivity index (χ4n) is 1.06.